The molecule has 3 N–H and O–H groups in total. The van der Waals surface area contributed by atoms with E-state index >= 15 is 0 Å². The molecular weight excluding hydrogens is 362 g/mol. The van der Waals surface area contributed by atoms with Crippen LogP contribution in [0.5, 0.6) is 5.75 Å². The van der Waals surface area contributed by atoms with Gasteiger partial charge in [-0.05, 0) is 60.6 Å². The smallest absolute Gasteiger partial charge is 0.257 e. The van der Waals surface area contributed by atoms with Crippen LogP contribution >= 0.6 is 12.2 Å². The second-order valence-electron chi connectivity index (χ2n) is 5.83. The third-order valence-corrected chi connectivity index (χ3v) is 3.88. The summed E-state index contributed by atoms with van der Waals surface area (Å²) in [5.74, 6) is 0.376. The van der Waals surface area contributed by atoms with Gasteiger partial charge in [0.2, 0.25) is 5.91 Å². The fourth-order valence-electron chi connectivity index (χ4n) is 2.24. The van der Waals surface area contributed by atoms with Crippen LogP contribution in [0, 0.1) is 0 Å². The number of thiocarbonyl (C=S) groups is 1. The third kappa shape index (κ3) is 6.71. The predicted molar refractivity (Wildman–Crippen MR) is 110 cm³/mol. The molecule has 0 saturated carbocycles. The van der Waals surface area contributed by atoms with Gasteiger partial charge < -0.3 is 15.4 Å². The van der Waals surface area contributed by atoms with Gasteiger partial charge in [0.25, 0.3) is 5.91 Å². The second-order valence-corrected chi connectivity index (χ2v) is 6.24. The summed E-state index contributed by atoms with van der Waals surface area (Å²) in [7, 11) is 1.60. The summed E-state index contributed by atoms with van der Waals surface area (Å²) in [6.07, 6.45) is 1.24. The maximum atomic E-state index is 12.3. The molecule has 0 spiro atoms. The number of nitrogens with one attached hydrogen (secondary N) is 3. The quantitative estimate of drug-likeness (QED) is 0.639. The lowest BCUT2D eigenvalue weighted by Crippen LogP contribution is -2.34. The van der Waals surface area contributed by atoms with Crippen molar-refractivity contribution in [3.05, 3.63) is 59.7 Å². The number of carbonyl (C=O) groups excluding carboxylic acids is 2. The van der Waals surface area contributed by atoms with E-state index in [1.165, 1.54) is 0 Å². The largest absolute Gasteiger partial charge is 0.494 e. The average molecular weight is 385 g/mol. The number of benzene rings is 2. The van der Waals surface area contributed by atoms with Crippen molar-refractivity contribution < 1.29 is 14.3 Å². The molecule has 0 radical (unpaired) electrons. The zero-order chi connectivity index (χ0) is 19.6. The fourth-order valence-corrected chi connectivity index (χ4v) is 2.45. The highest BCUT2D eigenvalue weighted by atomic mass is 32.1. The van der Waals surface area contributed by atoms with Gasteiger partial charge in [0, 0.05) is 18.3 Å². The van der Waals surface area contributed by atoms with E-state index < -0.39 is 0 Å². The number of ether oxygens (including phenoxy) is 1. The van der Waals surface area contributed by atoms with E-state index in [0.29, 0.717) is 18.6 Å². The first kappa shape index (κ1) is 20.4. The zero-order valence-corrected chi connectivity index (χ0v) is 16.2. The number of amides is 2. The molecule has 142 valence electrons. The van der Waals surface area contributed by atoms with Gasteiger partial charge in [-0.3, -0.25) is 14.9 Å². The molecule has 27 heavy (non-hydrogen) atoms. The Morgan fingerprint density at radius 2 is 1.70 bits per heavy atom. The molecular formula is C20H23N3O3S. The van der Waals surface area contributed by atoms with E-state index in [1.807, 2.05) is 19.1 Å². The minimum Gasteiger partial charge on any atom is -0.494 e. The van der Waals surface area contributed by atoms with Crippen LogP contribution in [0.3, 0.4) is 0 Å². The Kier molecular flexibility index (Phi) is 7.76. The molecule has 2 amide bonds. The number of hydrogen-bond donors (Lipinski definition) is 3. The van der Waals surface area contributed by atoms with Gasteiger partial charge >= 0.3 is 0 Å². The predicted octanol–water partition coefficient (Wildman–Crippen LogP) is 2.89. The Balaban J connectivity index is 1.87. The van der Waals surface area contributed by atoms with Crippen molar-refractivity contribution in [1.82, 2.24) is 10.6 Å². The van der Waals surface area contributed by atoms with Gasteiger partial charge in [-0.2, -0.15) is 0 Å². The van der Waals surface area contributed by atoms with Gasteiger partial charge in [-0.25, -0.2) is 0 Å². The molecule has 2 rings (SSSR count). The molecule has 0 aliphatic rings. The average Bonchev–Trinajstić information content (AvgIpc) is 2.68. The summed E-state index contributed by atoms with van der Waals surface area (Å²) in [5, 5.41) is 8.37. The summed E-state index contributed by atoms with van der Waals surface area (Å²) in [4.78, 5) is 23.6. The van der Waals surface area contributed by atoms with Gasteiger partial charge in [0.1, 0.15) is 5.75 Å². The molecule has 2 aromatic rings. The number of anilines is 1. The third-order valence-electron chi connectivity index (χ3n) is 3.67. The van der Waals surface area contributed by atoms with Crippen LogP contribution in [0.1, 0.15) is 29.3 Å². The zero-order valence-electron chi connectivity index (χ0n) is 15.4. The van der Waals surface area contributed by atoms with Gasteiger partial charge in [-0.15, -0.1) is 0 Å². The molecule has 0 saturated heterocycles. The van der Waals surface area contributed by atoms with Crippen LogP contribution < -0.4 is 20.7 Å². The maximum absolute atomic E-state index is 12.3. The highest BCUT2D eigenvalue weighted by Gasteiger charge is 2.08. The molecule has 0 aliphatic heterocycles. The summed E-state index contributed by atoms with van der Waals surface area (Å²) in [5.41, 5.74) is 2.11. The normalized spacial score (nSPS) is 10.0. The van der Waals surface area contributed by atoms with Crippen LogP contribution in [-0.2, 0) is 11.2 Å². The van der Waals surface area contributed by atoms with E-state index in [2.05, 4.69) is 16.0 Å². The fraction of sp³-hybridized carbons (Fsp3) is 0.250. The molecule has 0 aliphatic carbocycles. The van der Waals surface area contributed by atoms with Gasteiger partial charge in [0.15, 0.2) is 5.11 Å². The number of carbonyl (C=O) groups is 2. The lowest BCUT2D eigenvalue weighted by atomic mass is 10.1. The van der Waals surface area contributed by atoms with Crippen molar-refractivity contribution in [3.8, 4) is 5.75 Å². The lowest BCUT2D eigenvalue weighted by molar-refractivity contribution is -0.119. The van der Waals surface area contributed by atoms with Crippen LogP contribution in [0.25, 0.3) is 0 Å². The Morgan fingerprint density at radius 1 is 1.04 bits per heavy atom. The minimum atomic E-state index is -0.300. The SMILES string of the molecule is CCCOc1ccc(C(=O)NC(=S)Nc2ccc(CC(=O)NC)cc2)cc1. The molecule has 0 bridgehead atoms. The Hall–Kier alpha value is -2.93. The van der Waals surface area contributed by atoms with Crippen LogP contribution in [0.4, 0.5) is 5.69 Å². The maximum Gasteiger partial charge on any atom is 0.257 e. The minimum absolute atomic E-state index is 0.0513. The molecule has 6 nitrogen and oxygen atoms in total. The van der Waals surface area contributed by atoms with Crippen molar-refractivity contribution in [2.24, 2.45) is 0 Å². The Labute approximate surface area is 164 Å². The molecule has 0 fully saturated rings. The standard InChI is InChI=1S/C20H23N3O3S/c1-3-12-26-17-10-6-15(7-11-17)19(25)23-20(27)22-16-8-4-14(5-9-16)13-18(24)21-2/h4-11H,3,12-13H2,1-2H3,(H,21,24)(H2,22,23,25,27). The highest BCUT2D eigenvalue weighted by molar-refractivity contribution is 7.80. The topological polar surface area (TPSA) is 79.5 Å². The van der Waals surface area contributed by atoms with Crippen molar-refractivity contribution >= 4 is 34.8 Å². The Morgan fingerprint density at radius 3 is 2.30 bits per heavy atom. The monoisotopic (exact) mass is 385 g/mol. The van der Waals surface area contributed by atoms with E-state index in [9.17, 15) is 9.59 Å². The van der Waals surface area contributed by atoms with E-state index in [-0.39, 0.29) is 16.9 Å². The molecule has 0 atom stereocenters. The van der Waals surface area contributed by atoms with E-state index in [1.54, 1.807) is 43.4 Å². The second kappa shape index (κ2) is 10.3. The van der Waals surface area contributed by atoms with Crippen molar-refractivity contribution in [1.29, 1.82) is 0 Å². The van der Waals surface area contributed by atoms with Crippen molar-refractivity contribution in [2.45, 2.75) is 19.8 Å². The number of rotatable bonds is 7. The summed E-state index contributed by atoms with van der Waals surface area (Å²) in [6.45, 7) is 2.67. The molecule has 2 aromatic carbocycles. The molecule has 0 aromatic heterocycles. The first-order chi connectivity index (χ1) is 13.0. The Bertz CT molecular complexity index is 789. The van der Waals surface area contributed by atoms with Crippen molar-refractivity contribution in [2.75, 3.05) is 19.0 Å². The first-order valence-corrected chi connectivity index (χ1v) is 9.07. The van der Waals surface area contributed by atoms with Gasteiger partial charge in [0.05, 0.1) is 13.0 Å². The molecule has 0 heterocycles. The van der Waals surface area contributed by atoms with Crippen LogP contribution in [0.2, 0.25) is 0 Å². The summed E-state index contributed by atoms with van der Waals surface area (Å²) < 4.78 is 5.50. The molecule has 0 unspecified atom stereocenters. The van der Waals surface area contributed by atoms with Crippen molar-refractivity contribution in [3.63, 3.8) is 0 Å². The van der Waals surface area contributed by atoms with E-state index in [0.717, 1.165) is 23.4 Å². The van der Waals surface area contributed by atoms with Crippen LogP contribution in [0.15, 0.2) is 48.5 Å². The number of likely N-dealkylation sites (N-methyl/N-ethyl adjacent to an activating group) is 1. The summed E-state index contributed by atoms with van der Waals surface area (Å²) >= 11 is 5.19. The first-order valence-electron chi connectivity index (χ1n) is 8.66. The number of hydrogen-bond acceptors (Lipinski definition) is 4. The lowest BCUT2D eigenvalue weighted by Gasteiger charge is -2.11. The van der Waals surface area contributed by atoms with Crippen LogP contribution in [-0.4, -0.2) is 30.6 Å². The highest BCUT2D eigenvalue weighted by Crippen LogP contribution is 2.13. The molecule has 7 heteroatoms. The van der Waals surface area contributed by atoms with Gasteiger partial charge in [-0.1, -0.05) is 19.1 Å². The van der Waals surface area contributed by atoms with E-state index in [4.69, 9.17) is 17.0 Å². The summed E-state index contributed by atoms with van der Waals surface area (Å²) in [6, 6.07) is 14.2.